The Kier molecular flexibility index (Phi) is 2.05. The maximum atomic E-state index is 5.75. The number of likely N-dealkylation sites (tertiary alicyclic amines) is 1. The first-order valence-electron chi connectivity index (χ1n) is 6.14. The Morgan fingerprint density at radius 3 is 2.81 bits per heavy atom. The van der Waals surface area contributed by atoms with E-state index in [0.717, 1.165) is 0 Å². The first-order valence-corrected chi connectivity index (χ1v) is 6.14. The van der Waals surface area contributed by atoms with Gasteiger partial charge in [0.05, 0.1) is 6.04 Å². The van der Waals surface area contributed by atoms with E-state index >= 15 is 0 Å². The van der Waals surface area contributed by atoms with Crippen LogP contribution in [0.3, 0.4) is 0 Å². The average Bonchev–Trinajstić information content (AvgIpc) is 2.92. The Hall–Kier alpha value is -1.03. The predicted molar refractivity (Wildman–Crippen MR) is 64.2 cm³/mol. The molecule has 1 aromatic heterocycles. The third-order valence-electron chi connectivity index (χ3n) is 4.34. The number of nitrogen functional groups attached to an aromatic ring is 1. The summed E-state index contributed by atoms with van der Waals surface area (Å²) in [6.07, 6.45) is 5.15. The van der Waals surface area contributed by atoms with Gasteiger partial charge in [0.2, 0.25) is 0 Å². The van der Waals surface area contributed by atoms with Gasteiger partial charge in [-0.15, -0.1) is 0 Å². The van der Waals surface area contributed by atoms with Crippen LogP contribution in [0.25, 0.3) is 0 Å². The van der Waals surface area contributed by atoms with Crippen molar-refractivity contribution in [3.05, 3.63) is 11.8 Å². The van der Waals surface area contributed by atoms with Crippen molar-refractivity contribution in [1.82, 2.24) is 14.7 Å². The lowest BCUT2D eigenvalue weighted by molar-refractivity contribution is 0.120. The molecule has 4 nitrogen and oxygen atoms in total. The molecule has 1 spiro atoms. The third kappa shape index (κ3) is 1.44. The van der Waals surface area contributed by atoms with Gasteiger partial charge >= 0.3 is 0 Å². The minimum Gasteiger partial charge on any atom is -0.382 e. The van der Waals surface area contributed by atoms with Crippen LogP contribution < -0.4 is 5.73 Å². The number of aromatic nitrogens is 2. The molecule has 1 atom stereocenters. The Labute approximate surface area is 96.4 Å². The molecule has 3 rings (SSSR count). The number of hydrogen-bond donors (Lipinski definition) is 1. The maximum absolute atomic E-state index is 5.75. The number of hydrogen-bond acceptors (Lipinski definition) is 3. The van der Waals surface area contributed by atoms with E-state index in [-0.39, 0.29) is 0 Å². The molecule has 2 heterocycles. The van der Waals surface area contributed by atoms with Crippen molar-refractivity contribution in [3.63, 3.8) is 0 Å². The Balaban J connectivity index is 1.84. The quantitative estimate of drug-likeness (QED) is 0.781. The molecule has 1 aliphatic heterocycles. The highest BCUT2D eigenvalue weighted by molar-refractivity contribution is 5.29. The van der Waals surface area contributed by atoms with Crippen molar-refractivity contribution >= 4 is 5.82 Å². The number of piperidine rings is 1. The second kappa shape index (κ2) is 3.23. The Morgan fingerprint density at radius 2 is 2.25 bits per heavy atom. The molecule has 1 saturated heterocycles. The zero-order valence-corrected chi connectivity index (χ0v) is 10.1. The van der Waals surface area contributed by atoms with Crippen LogP contribution in [0.1, 0.15) is 37.4 Å². The SMILES string of the molecule is Cc1cc(N)nn1C1CCN(C)C2(CC2)C1. The Morgan fingerprint density at radius 1 is 1.50 bits per heavy atom. The van der Waals surface area contributed by atoms with E-state index in [1.807, 2.05) is 6.07 Å². The van der Waals surface area contributed by atoms with Crippen LogP contribution in [-0.4, -0.2) is 33.8 Å². The lowest BCUT2D eigenvalue weighted by Gasteiger charge is -2.38. The van der Waals surface area contributed by atoms with E-state index in [1.54, 1.807) is 0 Å². The number of nitrogens with two attached hydrogens (primary N) is 1. The molecular weight excluding hydrogens is 200 g/mol. The van der Waals surface area contributed by atoms with Crippen molar-refractivity contribution in [3.8, 4) is 0 Å². The second-order valence-electron chi connectivity index (χ2n) is 5.45. The van der Waals surface area contributed by atoms with E-state index in [0.29, 0.717) is 17.4 Å². The largest absolute Gasteiger partial charge is 0.382 e. The molecule has 2 fully saturated rings. The van der Waals surface area contributed by atoms with E-state index in [4.69, 9.17) is 5.73 Å². The molecule has 0 amide bonds. The predicted octanol–water partition coefficient (Wildman–Crippen LogP) is 1.57. The molecule has 4 heteroatoms. The van der Waals surface area contributed by atoms with Crippen LogP contribution in [-0.2, 0) is 0 Å². The molecule has 2 aliphatic rings. The zero-order valence-electron chi connectivity index (χ0n) is 10.1. The van der Waals surface area contributed by atoms with Gasteiger partial charge < -0.3 is 10.6 Å². The van der Waals surface area contributed by atoms with Crippen molar-refractivity contribution < 1.29 is 0 Å². The van der Waals surface area contributed by atoms with Gasteiger partial charge in [0, 0.05) is 23.8 Å². The summed E-state index contributed by atoms with van der Waals surface area (Å²) in [5.74, 6) is 0.654. The summed E-state index contributed by atoms with van der Waals surface area (Å²) < 4.78 is 2.14. The molecule has 1 unspecified atom stereocenters. The molecular formula is C12H20N4. The fraction of sp³-hybridized carbons (Fsp3) is 0.750. The summed E-state index contributed by atoms with van der Waals surface area (Å²) in [5, 5.41) is 4.43. The second-order valence-corrected chi connectivity index (χ2v) is 5.45. The van der Waals surface area contributed by atoms with Crippen molar-refractivity contribution in [2.75, 3.05) is 19.3 Å². The molecule has 1 aromatic rings. The first-order chi connectivity index (χ1) is 7.61. The molecule has 1 aliphatic carbocycles. The molecule has 0 aromatic carbocycles. The summed E-state index contributed by atoms with van der Waals surface area (Å²) in [6.45, 7) is 3.28. The highest BCUT2D eigenvalue weighted by Gasteiger charge is 2.50. The van der Waals surface area contributed by atoms with Crippen LogP contribution in [0.2, 0.25) is 0 Å². The highest BCUT2D eigenvalue weighted by atomic mass is 15.3. The Bertz CT molecular complexity index is 405. The van der Waals surface area contributed by atoms with Crippen molar-refractivity contribution in [2.24, 2.45) is 0 Å². The first kappa shape index (κ1) is 10.1. The van der Waals surface area contributed by atoms with Crippen LogP contribution in [0.5, 0.6) is 0 Å². The number of aryl methyl sites for hydroxylation is 1. The van der Waals surface area contributed by atoms with Crippen LogP contribution in [0.4, 0.5) is 5.82 Å². The lowest BCUT2D eigenvalue weighted by atomic mass is 9.95. The third-order valence-corrected chi connectivity index (χ3v) is 4.34. The fourth-order valence-electron chi connectivity index (χ4n) is 3.10. The van der Waals surface area contributed by atoms with E-state index in [2.05, 4.69) is 28.7 Å². The standard InChI is InChI=1S/C12H20N4/c1-9-7-11(13)14-16(9)10-3-6-15(2)12(8-10)4-5-12/h7,10H,3-6,8H2,1-2H3,(H2,13,14). The monoisotopic (exact) mass is 220 g/mol. The van der Waals surface area contributed by atoms with Crippen LogP contribution >= 0.6 is 0 Å². The minimum atomic E-state index is 0.496. The van der Waals surface area contributed by atoms with Gasteiger partial charge in [0.15, 0.2) is 0 Å². The van der Waals surface area contributed by atoms with Crippen LogP contribution in [0, 0.1) is 6.92 Å². The number of anilines is 1. The average molecular weight is 220 g/mol. The smallest absolute Gasteiger partial charge is 0.145 e. The van der Waals surface area contributed by atoms with Gasteiger partial charge in [-0.25, -0.2) is 0 Å². The fourth-order valence-corrected chi connectivity index (χ4v) is 3.10. The molecule has 0 bridgehead atoms. The van der Waals surface area contributed by atoms with Gasteiger partial charge in [0.1, 0.15) is 5.82 Å². The summed E-state index contributed by atoms with van der Waals surface area (Å²) in [6, 6.07) is 2.52. The van der Waals surface area contributed by atoms with Crippen molar-refractivity contribution in [2.45, 2.75) is 44.2 Å². The highest BCUT2D eigenvalue weighted by Crippen LogP contribution is 2.50. The molecule has 16 heavy (non-hydrogen) atoms. The van der Waals surface area contributed by atoms with Crippen molar-refractivity contribution in [1.29, 1.82) is 0 Å². The lowest BCUT2D eigenvalue weighted by Crippen LogP contribution is -2.42. The number of nitrogens with zero attached hydrogens (tertiary/aromatic N) is 3. The summed E-state index contributed by atoms with van der Waals surface area (Å²) >= 11 is 0. The van der Waals surface area contributed by atoms with Gasteiger partial charge in [-0.05, 0) is 39.7 Å². The molecule has 2 N–H and O–H groups in total. The van der Waals surface area contributed by atoms with Gasteiger partial charge in [-0.1, -0.05) is 0 Å². The van der Waals surface area contributed by atoms with Gasteiger partial charge in [0.25, 0.3) is 0 Å². The van der Waals surface area contributed by atoms with Gasteiger partial charge in [-0.3, -0.25) is 4.68 Å². The normalized spacial score (nSPS) is 28.5. The molecule has 0 radical (unpaired) electrons. The van der Waals surface area contributed by atoms with Crippen LogP contribution in [0.15, 0.2) is 6.07 Å². The maximum Gasteiger partial charge on any atom is 0.145 e. The van der Waals surface area contributed by atoms with Gasteiger partial charge in [-0.2, -0.15) is 5.10 Å². The summed E-state index contributed by atoms with van der Waals surface area (Å²) in [7, 11) is 2.26. The van der Waals surface area contributed by atoms with E-state index in [1.165, 1.54) is 37.9 Å². The number of rotatable bonds is 1. The topological polar surface area (TPSA) is 47.1 Å². The van der Waals surface area contributed by atoms with E-state index < -0.39 is 0 Å². The summed E-state index contributed by atoms with van der Waals surface area (Å²) in [4.78, 5) is 2.53. The molecule has 88 valence electrons. The summed E-state index contributed by atoms with van der Waals surface area (Å²) in [5.41, 5.74) is 7.45. The minimum absolute atomic E-state index is 0.496. The van der Waals surface area contributed by atoms with E-state index in [9.17, 15) is 0 Å². The zero-order chi connectivity index (χ0) is 11.3. The molecule has 1 saturated carbocycles.